The van der Waals surface area contributed by atoms with Crippen LogP contribution in [0.2, 0.25) is 0 Å². The van der Waals surface area contributed by atoms with Crippen LogP contribution in [0.15, 0.2) is 60.7 Å². The van der Waals surface area contributed by atoms with Gasteiger partial charge in [-0.2, -0.15) is 0 Å². The second-order valence-corrected chi connectivity index (χ2v) is 10.1. The van der Waals surface area contributed by atoms with Crippen LogP contribution in [0.25, 0.3) is 32.9 Å². The molecule has 0 aliphatic heterocycles. The maximum atomic E-state index is 5.24. The molecule has 1 aliphatic rings. The minimum atomic E-state index is 0.475. The Labute approximate surface area is 180 Å². The lowest BCUT2D eigenvalue weighted by molar-refractivity contribution is 0.225. The first-order valence-corrected chi connectivity index (χ1v) is 11.3. The Hall–Kier alpha value is -2.67. The predicted molar refractivity (Wildman–Crippen MR) is 129 cm³/mol. The van der Waals surface area contributed by atoms with E-state index >= 15 is 0 Å². The Bertz CT molecular complexity index is 1220. The van der Waals surface area contributed by atoms with Crippen LogP contribution in [-0.4, -0.2) is 4.98 Å². The van der Waals surface area contributed by atoms with Gasteiger partial charge >= 0.3 is 0 Å². The smallest absolute Gasteiger partial charge is 0.0790 e. The molecular formula is C29H31N. The van der Waals surface area contributed by atoms with Gasteiger partial charge in [0.2, 0.25) is 0 Å². The molecule has 3 aromatic carbocycles. The van der Waals surface area contributed by atoms with E-state index in [1.807, 2.05) is 0 Å². The molecule has 5 rings (SSSR count). The highest BCUT2D eigenvalue weighted by atomic mass is 14.7. The first kappa shape index (κ1) is 19.3. The molecule has 0 amide bonds. The highest BCUT2D eigenvalue weighted by Gasteiger charge is 2.29. The molecule has 1 heteroatoms. The van der Waals surface area contributed by atoms with Crippen molar-refractivity contribution in [1.29, 1.82) is 0 Å². The molecule has 1 aromatic heterocycles. The van der Waals surface area contributed by atoms with Gasteiger partial charge in [0, 0.05) is 16.3 Å². The third-order valence-electron chi connectivity index (χ3n) is 7.03. The summed E-state index contributed by atoms with van der Waals surface area (Å²) in [4.78, 5) is 5.24. The van der Waals surface area contributed by atoms with Gasteiger partial charge in [0.25, 0.3) is 0 Å². The molecule has 0 unspecified atom stereocenters. The minimum Gasteiger partial charge on any atom is -0.247 e. The molecule has 0 spiro atoms. The third kappa shape index (κ3) is 3.51. The lowest BCUT2D eigenvalue weighted by Crippen LogP contribution is -2.20. The molecule has 0 N–H and O–H groups in total. The van der Waals surface area contributed by atoms with Crippen LogP contribution >= 0.6 is 0 Å². The molecule has 1 nitrogen and oxygen atoms in total. The standard InChI is InChI=1S/C29H31N/c1-19-15-20(2)17-23(16-19)27-18-26(22-11-13-29(3,4)14-12-22)25-10-9-21-7-5-6-8-24(21)28(25)30-27/h5-10,15-18,22H,11-14H2,1-4H3. The fraction of sp³-hybridized carbons (Fsp3) is 0.345. The van der Waals surface area contributed by atoms with E-state index in [9.17, 15) is 0 Å². The van der Waals surface area contributed by atoms with Crippen molar-refractivity contribution in [2.75, 3.05) is 0 Å². The van der Waals surface area contributed by atoms with Crippen molar-refractivity contribution in [3.8, 4) is 11.3 Å². The molecule has 1 aliphatic carbocycles. The summed E-state index contributed by atoms with van der Waals surface area (Å²) in [6, 6.07) is 22.4. The first-order chi connectivity index (χ1) is 14.4. The number of benzene rings is 3. The van der Waals surface area contributed by atoms with E-state index in [2.05, 4.69) is 88.4 Å². The number of hydrogen-bond acceptors (Lipinski definition) is 1. The molecule has 4 aromatic rings. The summed E-state index contributed by atoms with van der Waals surface area (Å²) in [7, 11) is 0. The zero-order valence-electron chi connectivity index (χ0n) is 18.6. The van der Waals surface area contributed by atoms with Crippen LogP contribution in [0.4, 0.5) is 0 Å². The highest BCUT2D eigenvalue weighted by Crippen LogP contribution is 2.45. The average molecular weight is 394 g/mol. The van der Waals surface area contributed by atoms with Gasteiger partial charge in [0.15, 0.2) is 0 Å². The summed E-state index contributed by atoms with van der Waals surface area (Å²) in [6.07, 6.45) is 5.14. The van der Waals surface area contributed by atoms with Gasteiger partial charge in [-0.05, 0) is 80.0 Å². The largest absolute Gasteiger partial charge is 0.247 e. The lowest BCUT2D eigenvalue weighted by atomic mass is 9.70. The zero-order valence-corrected chi connectivity index (χ0v) is 18.6. The molecule has 1 saturated carbocycles. The van der Waals surface area contributed by atoms with E-state index < -0.39 is 0 Å². The van der Waals surface area contributed by atoms with Crippen LogP contribution in [0.1, 0.15) is 62.1 Å². The molecule has 0 bridgehead atoms. The average Bonchev–Trinajstić information content (AvgIpc) is 2.72. The number of fused-ring (bicyclic) bond motifs is 3. The van der Waals surface area contributed by atoms with Gasteiger partial charge in [0.1, 0.15) is 0 Å². The molecule has 1 heterocycles. The third-order valence-corrected chi connectivity index (χ3v) is 7.03. The Morgan fingerprint density at radius 3 is 2.23 bits per heavy atom. The van der Waals surface area contributed by atoms with Crippen molar-refractivity contribution in [2.45, 2.75) is 59.3 Å². The van der Waals surface area contributed by atoms with Crippen molar-refractivity contribution < 1.29 is 0 Å². The Morgan fingerprint density at radius 2 is 1.50 bits per heavy atom. The highest BCUT2D eigenvalue weighted by molar-refractivity contribution is 6.07. The normalized spacial score (nSPS) is 16.9. The van der Waals surface area contributed by atoms with Crippen molar-refractivity contribution in [2.24, 2.45) is 5.41 Å². The van der Waals surface area contributed by atoms with Gasteiger partial charge < -0.3 is 0 Å². The van der Waals surface area contributed by atoms with Gasteiger partial charge in [-0.25, -0.2) is 4.98 Å². The van der Waals surface area contributed by atoms with E-state index in [0.29, 0.717) is 11.3 Å². The van der Waals surface area contributed by atoms with E-state index in [0.717, 1.165) is 11.2 Å². The monoisotopic (exact) mass is 393 g/mol. The van der Waals surface area contributed by atoms with Crippen LogP contribution < -0.4 is 0 Å². The minimum absolute atomic E-state index is 0.475. The summed E-state index contributed by atoms with van der Waals surface area (Å²) >= 11 is 0. The Morgan fingerprint density at radius 1 is 0.800 bits per heavy atom. The predicted octanol–water partition coefficient (Wildman–Crippen LogP) is 8.36. The summed E-state index contributed by atoms with van der Waals surface area (Å²) in [5.41, 5.74) is 8.07. The van der Waals surface area contributed by atoms with Crippen LogP contribution in [-0.2, 0) is 0 Å². The fourth-order valence-electron chi connectivity index (χ4n) is 5.30. The van der Waals surface area contributed by atoms with Crippen molar-refractivity contribution in [3.63, 3.8) is 0 Å². The summed E-state index contributed by atoms with van der Waals surface area (Å²) in [5.74, 6) is 0.620. The van der Waals surface area contributed by atoms with Crippen molar-refractivity contribution in [1.82, 2.24) is 4.98 Å². The quantitative estimate of drug-likeness (QED) is 0.312. The van der Waals surface area contributed by atoms with Gasteiger partial charge in [0.05, 0.1) is 11.2 Å². The van der Waals surface area contributed by atoms with Crippen LogP contribution in [0, 0.1) is 19.3 Å². The molecular weight excluding hydrogens is 362 g/mol. The van der Waals surface area contributed by atoms with E-state index in [1.165, 1.54) is 64.1 Å². The van der Waals surface area contributed by atoms with Gasteiger partial charge in [-0.1, -0.05) is 67.4 Å². The molecule has 0 atom stereocenters. The summed E-state index contributed by atoms with van der Waals surface area (Å²) < 4.78 is 0. The number of hydrogen-bond donors (Lipinski definition) is 0. The van der Waals surface area contributed by atoms with E-state index in [-0.39, 0.29) is 0 Å². The molecule has 152 valence electrons. The number of nitrogens with zero attached hydrogens (tertiary/aromatic N) is 1. The van der Waals surface area contributed by atoms with Crippen LogP contribution in [0.3, 0.4) is 0 Å². The molecule has 1 fully saturated rings. The number of pyridine rings is 1. The SMILES string of the molecule is Cc1cc(C)cc(-c2cc(C3CCC(C)(C)CC3)c3ccc4ccccc4c3n2)c1. The lowest BCUT2D eigenvalue weighted by Gasteiger charge is -2.35. The van der Waals surface area contributed by atoms with Crippen molar-refractivity contribution >= 4 is 21.7 Å². The van der Waals surface area contributed by atoms with E-state index in [4.69, 9.17) is 4.98 Å². The van der Waals surface area contributed by atoms with Crippen LogP contribution in [0.5, 0.6) is 0 Å². The maximum Gasteiger partial charge on any atom is 0.0790 e. The van der Waals surface area contributed by atoms with Crippen molar-refractivity contribution in [3.05, 3.63) is 77.4 Å². The molecule has 0 saturated heterocycles. The number of aryl methyl sites for hydroxylation is 2. The van der Waals surface area contributed by atoms with Gasteiger partial charge in [-0.3, -0.25) is 0 Å². The second-order valence-electron chi connectivity index (χ2n) is 10.1. The Balaban J connectivity index is 1.76. The fourth-order valence-corrected chi connectivity index (χ4v) is 5.30. The Kier molecular flexibility index (Phi) is 4.65. The topological polar surface area (TPSA) is 12.9 Å². The molecule has 30 heavy (non-hydrogen) atoms. The van der Waals surface area contributed by atoms with Gasteiger partial charge in [-0.15, -0.1) is 0 Å². The molecule has 0 radical (unpaired) electrons. The zero-order chi connectivity index (χ0) is 20.9. The number of aromatic nitrogens is 1. The maximum absolute atomic E-state index is 5.24. The summed E-state index contributed by atoms with van der Waals surface area (Å²) in [6.45, 7) is 9.19. The summed E-state index contributed by atoms with van der Waals surface area (Å²) in [5, 5.41) is 3.87. The van der Waals surface area contributed by atoms with E-state index in [1.54, 1.807) is 0 Å². The second kappa shape index (κ2) is 7.23. The number of rotatable bonds is 2. The first-order valence-electron chi connectivity index (χ1n) is 11.3.